The maximum atomic E-state index is 12.9. The van der Waals surface area contributed by atoms with Gasteiger partial charge in [-0.2, -0.15) is 0 Å². The maximum absolute atomic E-state index is 12.9. The number of nitrogens with two attached hydrogens (primary N) is 1. The molecule has 3 rings (SSSR count). The van der Waals surface area contributed by atoms with Gasteiger partial charge < -0.3 is 5.73 Å². The highest BCUT2D eigenvalue weighted by Gasteiger charge is 2.30. The number of allylic oxidation sites excluding steroid dienone is 3. The molecule has 33 heavy (non-hydrogen) atoms. The maximum Gasteiger partial charge on any atom is 0.330 e. The molecule has 8 nitrogen and oxygen atoms in total. The number of pyridine rings is 1. The van der Waals surface area contributed by atoms with E-state index >= 15 is 0 Å². The number of aromatic nitrogens is 3. The summed E-state index contributed by atoms with van der Waals surface area (Å²) in [7, 11) is -1.72. The largest absolute Gasteiger partial charge is 0.399 e. The average molecular weight is 474 g/mol. The van der Waals surface area contributed by atoms with E-state index in [-0.39, 0.29) is 22.8 Å². The van der Waals surface area contributed by atoms with Crippen molar-refractivity contribution in [1.29, 1.82) is 0 Å². The fourth-order valence-electron chi connectivity index (χ4n) is 4.18. The molecule has 2 aromatic rings. The zero-order chi connectivity index (χ0) is 24.4. The van der Waals surface area contributed by atoms with Crippen molar-refractivity contribution < 1.29 is 8.42 Å². The van der Waals surface area contributed by atoms with E-state index in [1.807, 2.05) is 12.1 Å². The van der Waals surface area contributed by atoms with E-state index in [0.717, 1.165) is 24.1 Å². The van der Waals surface area contributed by atoms with Crippen LogP contribution >= 0.6 is 0 Å². The average Bonchev–Trinajstić information content (AvgIpc) is 2.97. The molecule has 0 radical (unpaired) electrons. The normalized spacial score (nSPS) is 18.9. The van der Waals surface area contributed by atoms with Crippen LogP contribution in [0.2, 0.25) is 0 Å². The summed E-state index contributed by atoms with van der Waals surface area (Å²) < 4.78 is 30.6. The molecule has 1 fully saturated rings. The Labute approximate surface area is 196 Å². The number of sulfonamides is 1. The lowest BCUT2D eigenvalue weighted by Crippen LogP contribution is -2.40. The van der Waals surface area contributed by atoms with Crippen molar-refractivity contribution in [2.75, 3.05) is 18.8 Å². The van der Waals surface area contributed by atoms with E-state index in [4.69, 9.17) is 10.7 Å². The van der Waals surface area contributed by atoms with Crippen LogP contribution in [0.5, 0.6) is 0 Å². The van der Waals surface area contributed by atoms with E-state index in [9.17, 15) is 13.2 Å². The van der Waals surface area contributed by atoms with Gasteiger partial charge in [-0.05, 0) is 42.5 Å². The number of hydrogen-bond acceptors (Lipinski definition) is 5. The monoisotopic (exact) mass is 473 g/mol. The van der Waals surface area contributed by atoms with Crippen molar-refractivity contribution in [3.05, 3.63) is 64.9 Å². The molecule has 0 amide bonds. The van der Waals surface area contributed by atoms with E-state index in [1.54, 1.807) is 40.5 Å². The summed E-state index contributed by atoms with van der Waals surface area (Å²) in [6, 6.07) is 3.87. The van der Waals surface area contributed by atoms with Gasteiger partial charge in [0.25, 0.3) is 0 Å². The second kappa shape index (κ2) is 9.69. The Morgan fingerprint density at radius 3 is 2.73 bits per heavy atom. The van der Waals surface area contributed by atoms with Gasteiger partial charge in [-0.3, -0.25) is 9.13 Å². The summed E-state index contributed by atoms with van der Waals surface area (Å²) in [5.41, 5.74) is 8.33. The lowest BCUT2D eigenvalue weighted by atomic mass is 9.95. The van der Waals surface area contributed by atoms with Gasteiger partial charge in [0.05, 0.1) is 11.3 Å². The molecule has 1 unspecified atom stereocenters. The van der Waals surface area contributed by atoms with Crippen molar-refractivity contribution in [2.45, 2.75) is 46.1 Å². The van der Waals surface area contributed by atoms with E-state index in [0.29, 0.717) is 31.0 Å². The Morgan fingerprint density at radius 2 is 2.06 bits per heavy atom. The molecule has 1 aliphatic heterocycles. The zero-order valence-electron chi connectivity index (χ0n) is 20.0. The molecule has 0 aromatic carbocycles. The van der Waals surface area contributed by atoms with Crippen molar-refractivity contribution in [3.63, 3.8) is 0 Å². The quantitative estimate of drug-likeness (QED) is 0.623. The summed E-state index contributed by atoms with van der Waals surface area (Å²) in [5.74, 6) is -0.129. The van der Waals surface area contributed by atoms with Gasteiger partial charge in [0.15, 0.2) is 5.65 Å². The molecule has 2 aromatic heterocycles. The number of rotatable bonds is 7. The minimum absolute atomic E-state index is 0.0197. The molecule has 0 bridgehead atoms. The topological polar surface area (TPSA) is 103 Å². The molecule has 1 atom stereocenters. The first-order chi connectivity index (χ1) is 15.4. The van der Waals surface area contributed by atoms with Crippen LogP contribution in [0.15, 0.2) is 53.5 Å². The van der Waals surface area contributed by atoms with Gasteiger partial charge in [0.2, 0.25) is 10.0 Å². The first kappa shape index (κ1) is 25.0. The van der Waals surface area contributed by atoms with Crippen LogP contribution < -0.4 is 11.4 Å². The van der Waals surface area contributed by atoms with Crippen LogP contribution in [0.1, 0.15) is 45.2 Å². The molecular weight excluding hydrogens is 438 g/mol. The smallest absolute Gasteiger partial charge is 0.330 e. The highest BCUT2D eigenvalue weighted by molar-refractivity contribution is 7.89. The number of nitrogens with zero attached hydrogens (tertiary/aromatic N) is 4. The van der Waals surface area contributed by atoms with Crippen LogP contribution in [-0.2, 0) is 23.6 Å². The zero-order valence-corrected chi connectivity index (χ0v) is 20.8. The minimum Gasteiger partial charge on any atom is -0.399 e. The molecule has 180 valence electrons. The van der Waals surface area contributed by atoms with Crippen molar-refractivity contribution in [2.24, 2.45) is 18.2 Å². The second-order valence-electron chi connectivity index (χ2n) is 9.85. The Balaban J connectivity index is 1.83. The molecule has 0 aliphatic carbocycles. The molecule has 2 N–H and O–H groups in total. The van der Waals surface area contributed by atoms with Crippen LogP contribution in [-0.4, -0.2) is 45.7 Å². The highest BCUT2D eigenvalue weighted by Crippen LogP contribution is 2.29. The third kappa shape index (κ3) is 5.83. The molecule has 3 heterocycles. The molecule has 0 saturated carbocycles. The molecular formula is C24H35N5O3S. The van der Waals surface area contributed by atoms with Crippen molar-refractivity contribution >= 4 is 21.2 Å². The first-order valence-corrected chi connectivity index (χ1v) is 12.8. The first-order valence-electron chi connectivity index (χ1n) is 11.2. The number of hydrogen-bond donors (Lipinski definition) is 1. The van der Waals surface area contributed by atoms with E-state index in [1.165, 1.54) is 4.31 Å². The van der Waals surface area contributed by atoms with Gasteiger partial charge in [-0.25, -0.2) is 22.5 Å². The van der Waals surface area contributed by atoms with Gasteiger partial charge in [-0.15, -0.1) is 0 Å². The number of fused-ring (bicyclic) bond motifs is 1. The van der Waals surface area contributed by atoms with Crippen LogP contribution in [0.25, 0.3) is 11.2 Å². The number of piperidine rings is 1. The highest BCUT2D eigenvalue weighted by atomic mass is 32.2. The fraction of sp³-hybridized carbons (Fsp3) is 0.500. The Bertz CT molecular complexity index is 1250. The SMILES string of the molecule is C=C/C=C(N)\C=C/CS(=O)(=O)N1CCCC(c2ccc3c(n2)n(C)c(=O)n3CC(C)(C)C)C1. The predicted molar refractivity (Wildman–Crippen MR) is 133 cm³/mol. The summed E-state index contributed by atoms with van der Waals surface area (Å²) >= 11 is 0. The Kier molecular flexibility index (Phi) is 7.33. The van der Waals surface area contributed by atoms with E-state index < -0.39 is 10.0 Å². The lowest BCUT2D eigenvalue weighted by Gasteiger charge is -2.31. The second-order valence-corrected chi connectivity index (χ2v) is 11.9. The van der Waals surface area contributed by atoms with Crippen LogP contribution in [0.4, 0.5) is 0 Å². The van der Waals surface area contributed by atoms with Gasteiger partial charge >= 0.3 is 5.69 Å². The molecule has 1 saturated heterocycles. The summed E-state index contributed by atoms with van der Waals surface area (Å²) in [6.07, 6.45) is 7.93. The van der Waals surface area contributed by atoms with Gasteiger partial charge in [0.1, 0.15) is 0 Å². The third-order valence-corrected chi connectivity index (χ3v) is 7.49. The third-order valence-electron chi connectivity index (χ3n) is 5.76. The number of imidazole rings is 1. The Morgan fingerprint density at radius 1 is 1.33 bits per heavy atom. The van der Waals surface area contributed by atoms with Gasteiger partial charge in [0, 0.05) is 44.0 Å². The number of aryl methyl sites for hydroxylation is 1. The van der Waals surface area contributed by atoms with Gasteiger partial charge in [-0.1, -0.05) is 39.5 Å². The standard InChI is InChI=1S/C24H35N5O3S/c1-6-9-19(25)11-8-15-33(31,32)28-14-7-10-18(16-28)20-12-13-21-22(26-20)27(5)23(30)29(21)17-24(2,3)4/h6,8-9,11-13,18H,1,7,10,14-17,25H2,2-5H3/b11-8-,19-9+. The van der Waals surface area contributed by atoms with Crippen molar-refractivity contribution in [3.8, 4) is 0 Å². The minimum atomic E-state index is -3.46. The molecule has 9 heteroatoms. The predicted octanol–water partition coefficient (Wildman–Crippen LogP) is 2.88. The summed E-state index contributed by atoms with van der Waals surface area (Å²) in [6.45, 7) is 11.3. The van der Waals surface area contributed by atoms with Crippen molar-refractivity contribution in [1.82, 2.24) is 18.4 Å². The summed E-state index contributed by atoms with van der Waals surface area (Å²) in [5, 5.41) is 0. The van der Waals surface area contributed by atoms with Crippen LogP contribution in [0.3, 0.4) is 0 Å². The Hall–Kier alpha value is -2.65. The lowest BCUT2D eigenvalue weighted by molar-refractivity contribution is 0.314. The van der Waals surface area contributed by atoms with Crippen LogP contribution in [0, 0.1) is 5.41 Å². The fourth-order valence-corrected chi connectivity index (χ4v) is 5.55. The summed E-state index contributed by atoms with van der Waals surface area (Å²) in [4.78, 5) is 17.6. The molecule has 1 aliphatic rings. The van der Waals surface area contributed by atoms with E-state index in [2.05, 4.69) is 27.4 Å². The molecule has 0 spiro atoms.